The summed E-state index contributed by atoms with van der Waals surface area (Å²) >= 11 is 3.33. The molecule has 0 bridgehead atoms. The number of anilines is 1. The van der Waals surface area contributed by atoms with Crippen molar-refractivity contribution in [2.24, 2.45) is 0 Å². The maximum Gasteiger partial charge on any atom is 0.407 e. The molecule has 0 atom stereocenters. The summed E-state index contributed by atoms with van der Waals surface area (Å²) in [4.78, 5) is 35.2. The summed E-state index contributed by atoms with van der Waals surface area (Å²) < 4.78 is 6.02. The van der Waals surface area contributed by atoms with Crippen molar-refractivity contribution in [1.82, 2.24) is 10.6 Å². The third-order valence-electron chi connectivity index (χ3n) is 3.86. The first-order chi connectivity index (χ1) is 14.0. The van der Waals surface area contributed by atoms with E-state index in [9.17, 15) is 14.4 Å². The molecule has 0 aliphatic rings. The molecule has 2 aromatic rings. The Kier molecular flexibility index (Phi) is 9.71. The quantitative estimate of drug-likeness (QED) is 0.470. The van der Waals surface area contributed by atoms with Crippen LogP contribution in [0.3, 0.4) is 0 Å². The second-order valence-corrected chi connectivity index (χ2v) is 7.16. The summed E-state index contributed by atoms with van der Waals surface area (Å²) in [6.45, 7) is 0.800. The molecule has 0 radical (unpaired) electrons. The van der Waals surface area contributed by atoms with Crippen LogP contribution in [0.1, 0.15) is 24.8 Å². The standard InChI is InChI=1S/C21H24BrN3O4/c22-17-8-10-18(11-9-17)25-20(27)12-14-23-19(26)7-4-13-24-21(28)29-15-16-5-2-1-3-6-16/h1-3,5-6,8-11H,4,7,12-15H2,(H,23,26)(H,24,28)(H,25,27). The fraction of sp³-hybridized carbons (Fsp3) is 0.286. The second kappa shape index (κ2) is 12.6. The molecular formula is C21H24BrN3O4. The predicted molar refractivity (Wildman–Crippen MR) is 114 cm³/mol. The Morgan fingerprint density at radius 1 is 0.828 bits per heavy atom. The zero-order chi connectivity index (χ0) is 20.9. The molecule has 2 aromatic carbocycles. The molecule has 0 saturated heterocycles. The Morgan fingerprint density at radius 3 is 2.28 bits per heavy atom. The SMILES string of the molecule is O=C(CCCNC(=O)OCc1ccccc1)NCCC(=O)Nc1ccc(Br)cc1. The van der Waals surface area contributed by atoms with E-state index in [2.05, 4.69) is 31.9 Å². The van der Waals surface area contributed by atoms with Gasteiger partial charge in [0.15, 0.2) is 0 Å². The van der Waals surface area contributed by atoms with E-state index in [-0.39, 0.29) is 37.8 Å². The van der Waals surface area contributed by atoms with Crippen LogP contribution >= 0.6 is 15.9 Å². The van der Waals surface area contributed by atoms with Crippen molar-refractivity contribution in [2.45, 2.75) is 25.9 Å². The van der Waals surface area contributed by atoms with Gasteiger partial charge in [0.05, 0.1) is 0 Å². The van der Waals surface area contributed by atoms with Crippen LogP contribution in [0.4, 0.5) is 10.5 Å². The van der Waals surface area contributed by atoms with Gasteiger partial charge in [0.1, 0.15) is 6.61 Å². The van der Waals surface area contributed by atoms with Crippen LogP contribution in [-0.2, 0) is 20.9 Å². The average molecular weight is 462 g/mol. The van der Waals surface area contributed by atoms with Crippen LogP contribution in [0, 0.1) is 0 Å². The summed E-state index contributed by atoms with van der Waals surface area (Å²) in [5.74, 6) is -0.337. The van der Waals surface area contributed by atoms with Crippen LogP contribution in [0.15, 0.2) is 59.1 Å². The van der Waals surface area contributed by atoms with Gasteiger partial charge in [-0.3, -0.25) is 9.59 Å². The van der Waals surface area contributed by atoms with Crippen LogP contribution in [0.2, 0.25) is 0 Å². The van der Waals surface area contributed by atoms with Gasteiger partial charge in [0.2, 0.25) is 11.8 Å². The van der Waals surface area contributed by atoms with Gasteiger partial charge in [-0.25, -0.2) is 4.79 Å². The monoisotopic (exact) mass is 461 g/mol. The Labute approximate surface area is 178 Å². The van der Waals surface area contributed by atoms with E-state index in [1.54, 1.807) is 12.1 Å². The van der Waals surface area contributed by atoms with Crippen molar-refractivity contribution < 1.29 is 19.1 Å². The molecule has 0 heterocycles. The lowest BCUT2D eigenvalue weighted by molar-refractivity contribution is -0.121. The Morgan fingerprint density at radius 2 is 1.55 bits per heavy atom. The first-order valence-electron chi connectivity index (χ1n) is 9.29. The van der Waals surface area contributed by atoms with Gasteiger partial charge in [-0.2, -0.15) is 0 Å². The van der Waals surface area contributed by atoms with Crippen LogP contribution in [0.25, 0.3) is 0 Å². The highest BCUT2D eigenvalue weighted by atomic mass is 79.9. The van der Waals surface area contributed by atoms with Crippen molar-refractivity contribution >= 4 is 39.5 Å². The number of nitrogens with one attached hydrogen (secondary N) is 3. The van der Waals surface area contributed by atoms with Crippen LogP contribution < -0.4 is 16.0 Å². The van der Waals surface area contributed by atoms with Crippen molar-refractivity contribution in [2.75, 3.05) is 18.4 Å². The Bertz CT molecular complexity index is 797. The van der Waals surface area contributed by atoms with Crippen LogP contribution in [0.5, 0.6) is 0 Å². The van der Waals surface area contributed by atoms with Crippen molar-refractivity contribution in [3.63, 3.8) is 0 Å². The number of carbonyl (C=O) groups excluding carboxylic acids is 3. The molecule has 3 amide bonds. The zero-order valence-electron chi connectivity index (χ0n) is 15.9. The lowest BCUT2D eigenvalue weighted by atomic mass is 10.2. The number of rotatable bonds is 10. The highest BCUT2D eigenvalue weighted by Gasteiger charge is 2.06. The third kappa shape index (κ3) is 9.75. The van der Waals surface area contributed by atoms with Crippen molar-refractivity contribution in [3.05, 3.63) is 64.6 Å². The predicted octanol–water partition coefficient (Wildman–Crippen LogP) is 3.60. The number of carbonyl (C=O) groups is 3. The number of hydrogen-bond acceptors (Lipinski definition) is 4. The van der Waals surface area contributed by atoms with Gasteiger partial charge in [-0.05, 0) is 36.2 Å². The van der Waals surface area contributed by atoms with Gasteiger partial charge >= 0.3 is 6.09 Å². The molecule has 2 rings (SSSR count). The minimum Gasteiger partial charge on any atom is -0.445 e. The molecule has 7 nitrogen and oxygen atoms in total. The summed E-state index contributed by atoms with van der Waals surface area (Å²) in [6, 6.07) is 16.6. The number of amides is 3. The smallest absolute Gasteiger partial charge is 0.407 e. The van der Waals surface area contributed by atoms with Gasteiger partial charge in [0.25, 0.3) is 0 Å². The molecular weight excluding hydrogens is 438 g/mol. The van der Waals surface area contributed by atoms with E-state index in [1.165, 1.54) is 0 Å². The molecule has 29 heavy (non-hydrogen) atoms. The molecule has 0 aliphatic heterocycles. The molecule has 154 valence electrons. The molecule has 0 saturated carbocycles. The zero-order valence-corrected chi connectivity index (χ0v) is 17.5. The van der Waals surface area contributed by atoms with Crippen molar-refractivity contribution in [3.8, 4) is 0 Å². The molecule has 0 aliphatic carbocycles. The second-order valence-electron chi connectivity index (χ2n) is 6.25. The maximum absolute atomic E-state index is 11.8. The highest BCUT2D eigenvalue weighted by Crippen LogP contribution is 2.14. The normalized spacial score (nSPS) is 10.1. The first-order valence-corrected chi connectivity index (χ1v) is 10.1. The summed E-state index contributed by atoms with van der Waals surface area (Å²) in [5, 5.41) is 8.06. The molecule has 0 spiro atoms. The first kappa shape index (κ1) is 22.4. The minimum atomic E-state index is -0.515. The van der Waals surface area contributed by atoms with E-state index in [1.807, 2.05) is 42.5 Å². The summed E-state index contributed by atoms with van der Waals surface area (Å²) in [7, 11) is 0. The average Bonchev–Trinajstić information content (AvgIpc) is 2.72. The molecule has 8 heteroatoms. The van der Waals surface area contributed by atoms with E-state index in [0.717, 1.165) is 10.0 Å². The van der Waals surface area contributed by atoms with E-state index < -0.39 is 6.09 Å². The van der Waals surface area contributed by atoms with E-state index >= 15 is 0 Å². The number of hydrogen-bond donors (Lipinski definition) is 3. The number of benzene rings is 2. The molecule has 0 unspecified atom stereocenters. The maximum atomic E-state index is 11.8. The van der Waals surface area contributed by atoms with Gasteiger partial charge < -0.3 is 20.7 Å². The van der Waals surface area contributed by atoms with Crippen LogP contribution in [-0.4, -0.2) is 31.0 Å². The Hall–Kier alpha value is -2.87. The lowest BCUT2D eigenvalue weighted by Gasteiger charge is -2.08. The fourth-order valence-corrected chi connectivity index (χ4v) is 2.64. The van der Waals surface area contributed by atoms with E-state index in [0.29, 0.717) is 18.7 Å². The third-order valence-corrected chi connectivity index (χ3v) is 4.39. The summed E-state index contributed by atoms with van der Waals surface area (Å²) in [6.07, 6.45) is 0.412. The topological polar surface area (TPSA) is 96.5 Å². The Balaban J connectivity index is 1.49. The number of alkyl carbamates (subject to hydrolysis) is 1. The largest absolute Gasteiger partial charge is 0.445 e. The number of halogens is 1. The fourth-order valence-electron chi connectivity index (χ4n) is 2.37. The molecule has 3 N–H and O–H groups in total. The lowest BCUT2D eigenvalue weighted by Crippen LogP contribution is -2.29. The van der Waals surface area contributed by atoms with E-state index in [4.69, 9.17) is 4.74 Å². The van der Waals surface area contributed by atoms with Gasteiger partial charge in [-0.15, -0.1) is 0 Å². The van der Waals surface area contributed by atoms with Crippen molar-refractivity contribution in [1.29, 1.82) is 0 Å². The molecule has 0 fully saturated rings. The minimum absolute atomic E-state index is 0.166. The van der Waals surface area contributed by atoms with Gasteiger partial charge in [-0.1, -0.05) is 46.3 Å². The number of ether oxygens (including phenoxy) is 1. The molecule has 0 aromatic heterocycles. The van der Waals surface area contributed by atoms with Gasteiger partial charge in [0, 0.05) is 36.1 Å². The highest BCUT2D eigenvalue weighted by molar-refractivity contribution is 9.10. The summed E-state index contributed by atoms with van der Waals surface area (Å²) in [5.41, 5.74) is 1.61.